The van der Waals surface area contributed by atoms with E-state index in [2.05, 4.69) is 86.6 Å². The molecule has 0 aliphatic rings. The molecule has 0 fully saturated rings. The Morgan fingerprint density at radius 2 is 0.714 bits per heavy atom. The van der Waals surface area contributed by atoms with Crippen LogP contribution in [0.15, 0.2) is 0 Å². The lowest BCUT2D eigenvalue weighted by Crippen LogP contribution is -2.39. The van der Waals surface area contributed by atoms with Crippen LogP contribution in [0.2, 0.25) is 0 Å². The minimum absolute atomic E-state index is 0.0221. The van der Waals surface area contributed by atoms with Crippen LogP contribution in [-0.4, -0.2) is 53.1 Å². The van der Waals surface area contributed by atoms with Gasteiger partial charge in [-0.15, -0.1) is 0 Å². The first kappa shape index (κ1) is 37.3. The van der Waals surface area contributed by atoms with Crippen LogP contribution in [0.1, 0.15) is 110 Å². The van der Waals surface area contributed by atoms with E-state index in [1.54, 1.807) is 0 Å². The van der Waals surface area contributed by atoms with Gasteiger partial charge >= 0.3 is 0 Å². The lowest BCUT2D eigenvalue weighted by molar-refractivity contribution is -0.0148. The first-order valence-corrected chi connectivity index (χ1v) is 19.6. The number of alkyl halides is 5. The molecule has 2 nitrogen and oxygen atoms in total. The SMILES string of the molecule is CCCCCCCCCCCCCCCCCCOCC(CBr)(CBr)COCC(CBr)(CBr)CBr. The molecule has 35 heavy (non-hydrogen) atoms. The molecule has 7 heteroatoms. The summed E-state index contributed by atoms with van der Waals surface area (Å²) in [6.45, 7) is 5.29. The van der Waals surface area contributed by atoms with Crippen molar-refractivity contribution in [2.24, 2.45) is 10.8 Å². The maximum atomic E-state index is 6.18. The van der Waals surface area contributed by atoms with Crippen LogP contribution in [0, 0.1) is 10.8 Å². The van der Waals surface area contributed by atoms with Gasteiger partial charge in [-0.3, -0.25) is 0 Å². The second-order valence-corrected chi connectivity index (χ2v) is 13.3. The molecule has 0 aromatic carbocycles. The first-order chi connectivity index (χ1) is 17.1. The van der Waals surface area contributed by atoms with Gasteiger partial charge in [-0.25, -0.2) is 0 Å². The molecule has 0 saturated carbocycles. The summed E-state index contributed by atoms with van der Waals surface area (Å²) in [7, 11) is 0. The maximum Gasteiger partial charge on any atom is 0.0560 e. The Hall–Kier alpha value is 2.32. The van der Waals surface area contributed by atoms with Gasteiger partial charge < -0.3 is 9.47 Å². The third-order valence-electron chi connectivity index (χ3n) is 6.78. The number of unbranched alkanes of at least 4 members (excludes halogenated alkanes) is 15. The van der Waals surface area contributed by atoms with Crippen LogP contribution in [-0.2, 0) is 9.47 Å². The molecule has 0 heterocycles. The summed E-state index contributed by atoms with van der Waals surface area (Å²) < 4.78 is 12.3. The lowest BCUT2D eigenvalue weighted by atomic mass is 9.95. The topological polar surface area (TPSA) is 18.5 Å². The van der Waals surface area contributed by atoms with Crippen LogP contribution in [0.3, 0.4) is 0 Å². The summed E-state index contributed by atoms with van der Waals surface area (Å²) in [5.74, 6) is 0. The molecule has 0 amide bonds. The molecule has 0 spiro atoms. The second kappa shape index (κ2) is 26.5. The van der Waals surface area contributed by atoms with Gasteiger partial charge in [0.1, 0.15) is 0 Å². The summed E-state index contributed by atoms with van der Waals surface area (Å²) in [6.07, 6.45) is 22.4. The van der Waals surface area contributed by atoms with Gasteiger partial charge in [0.15, 0.2) is 0 Å². The van der Waals surface area contributed by atoms with E-state index in [1.807, 2.05) is 0 Å². The largest absolute Gasteiger partial charge is 0.381 e. The van der Waals surface area contributed by atoms with E-state index in [9.17, 15) is 0 Å². The molecule has 0 N–H and O–H groups in total. The van der Waals surface area contributed by atoms with Crippen LogP contribution >= 0.6 is 79.6 Å². The third kappa shape index (κ3) is 19.9. The fourth-order valence-corrected chi connectivity index (χ4v) is 8.83. The number of halogens is 5. The van der Waals surface area contributed by atoms with Crippen LogP contribution in [0.25, 0.3) is 0 Å². The van der Waals surface area contributed by atoms with E-state index in [0.717, 1.165) is 46.5 Å². The van der Waals surface area contributed by atoms with Crippen molar-refractivity contribution < 1.29 is 9.47 Å². The Balaban J connectivity index is 3.67. The normalized spacial score (nSPS) is 12.5. The van der Waals surface area contributed by atoms with Crippen molar-refractivity contribution in [1.29, 1.82) is 0 Å². The van der Waals surface area contributed by atoms with Crippen molar-refractivity contribution in [2.45, 2.75) is 110 Å². The summed E-state index contributed by atoms with van der Waals surface area (Å²) in [5.41, 5.74) is 0.0600. The molecule has 0 aromatic heterocycles. The average molecular weight is 821 g/mol. The van der Waals surface area contributed by atoms with E-state index in [0.29, 0.717) is 6.61 Å². The number of rotatable bonds is 28. The highest BCUT2D eigenvalue weighted by Gasteiger charge is 2.32. The lowest BCUT2D eigenvalue weighted by Gasteiger charge is -2.33. The molecular formula is C28H53Br5O2. The molecular weight excluding hydrogens is 768 g/mol. The van der Waals surface area contributed by atoms with E-state index in [1.165, 1.54) is 103 Å². The van der Waals surface area contributed by atoms with Crippen LogP contribution in [0.5, 0.6) is 0 Å². The van der Waals surface area contributed by atoms with Crippen LogP contribution < -0.4 is 0 Å². The molecule has 0 rings (SSSR count). The molecule has 0 atom stereocenters. The Kier molecular flexibility index (Phi) is 28.3. The maximum absolute atomic E-state index is 6.18. The van der Waals surface area contributed by atoms with E-state index in [4.69, 9.17) is 9.47 Å². The average Bonchev–Trinajstić information content (AvgIpc) is 2.89. The van der Waals surface area contributed by atoms with Crippen molar-refractivity contribution in [3.05, 3.63) is 0 Å². The van der Waals surface area contributed by atoms with E-state index < -0.39 is 0 Å². The summed E-state index contributed by atoms with van der Waals surface area (Å²) in [4.78, 5) is 0. The molecule has 0 bridgehead atoms. The molecule has 0 aliphatic heterocycles. The van der Waals surface area contributed by atoms with Crippen molar-refractivity contribution in [3.8, 4) is 0 Å². The smallest absolute Gasteiger partial charge is 0.0560 e. The van der Waals surface area contributed by atoms with Crippen molar-refractivity contribution >= 4 is 79.6 Å². The molecule has 0 unspecified atom stereocenters. The first-order valence-electron chi connectivity index (χ1n) is 14.0. The van der Waals surface area contributed by atoms with Gasteiger partial charge in [-0.05, 0) is 6.42 Å². The fraction of sp³-hybridized carbons (Fsp3) is 1.00. The van der Waals surface area contributed by atoms with Crippen molar-refractivity contribution in [3.63, 3.8) is 0 Å². The Labute approximate surface area is 260 Å². The summed E-state index contributed by atoms with van der Waals surface area (Å²) in [6, 6.07) is 0. The quantitative estimate of drug-likeness (QED) is 0.0578. The number of hydrogen-bond acceptors (Lipinski definition) is 2. The van der Waals surface area contributed by atoms with Crippen molar-refractivity contribution in [2.75, 3.05) is 53.1 Å². The Bertz CT molecular complexity index is 423. The monoisotopic (exact) mass is 816 g/mol. The van der Waals surface area contributed by atoms with Gasteiger partial charge in [-0.1, -0.05) is 183 Å². The second-order valence-electron chi connectivity index (χ2n) is 10.5. The fourth-order valence-electron chi connectivity index (χ4n) is 3.98. The zero-order chi connectivity index (χ0) is 26.1. The summed E-state index contributed by atoms with van der Waals surface area (Å²) in [5, 5.41) is 4.45. The summed E-state index contributed by atoms with van der Waals surface area (Å²) >= 11 is 18.3. The highest BCUT2D eigenvalue weighted by Crippen LogP contribution is 2.29. The van der Waals surface area contributed by atoms with Crippen molar-refractivity contribution in [1.82, 2.24) is 0 Å². The van der Waals surface area contributed by atoms with E-state index >= 15 is 0 Å². The minimum atomic E-state index is -0.0221. The Morgan fingerprint density at radius 3 is 1.09 bits per heavy atom. The van der Waals surface area contributed by atoms with Gasteiger partial charge in [0.05, 0.1) is 19.8 Å². The zero-order valence-electron chi connectivity index (χ0n) is 22.4. The number of ether oxygens (including phenoxy) is 2. The minimum Gasteiger partial charge on any atom is -0.381 e. The molecule has 0 radical (unpaired) electrons. The standard InChI is InChI=1S/C28H53Br5O2/c1-2-3-4-5-6-7-8-9-10-11-12-13-14-15-16-17-18-34-25-28(22-32,23-33)26-35-24-27(19-29,20-30)21-31/h2-26H2,1H3. The zero-order valence-corrected chi connectivity index (χ0v) is 30.3. The number of hydrogen-bond donors (Lipinski definition) is 0. The predicted molar refractivity (Wildman–Crippen MR) is 175 cm³/mol. The van der Waals surface area contributed by atoms with Gasteiger partial charge in [0, 0.05) is 44.1 Å². The molecule has 0 aromatic rings. The van der Waals surface area contributed by atoms with E-state index in [-0.39, 0.29) is 10.8 Å². The highest BCUT2D eigenvalue weighted by atomic mass is 79.9. The molecule has 0 saturated heterocycles. The predicted octanol–water partition coefficient (Wildman–Crippen LogP) is 11.2. The van der Waals surface area contributed by atoms with Gasteiger partial charge in [-0.2, -0.15) is 0 Å². The van der Waals surface area contributed by atoms with Gasteiger partial charge in [0.25, 0.3) is 0 Å². The Morgan fingerprint density at radius 1 is 0.400 bits per heavy atom. The highest BCUT2D eigenvalue weighted by molar-refractivity contribution is 9.10. The van der Waals surface area contributed by atoms with Crippen LogP contribution in [0.4, 0.5) is 0 Å². The molecule has 0 aliphatic carbocycles. The molecule has 212 valence electrons. The van der Waals surface area contributed by atoms with Gasteiger partial charge in [0.2, 0.25) is 0 Å². The third-order valence-corrected chi connectivity index (χ3v) is 12.7.